The lowest BCUT2D eigenvalue weighted by Gasteiger charge is -2.13. The molecule has 1 rings (SSSR count). The highest BCUT2D eigenvalue weighted by molar-refractivity contribution is 9.10. The van der Waals surface area contributed by atoms with Crippen LogP contribution in [0.2, 0.25) is 0 Å². The molecular formula is C11H17BrN2O. The number of hydrogen-bond donors (Lipinski definition) is 1. The monoisotopic (exact) mass is 272 g/mol. The number of aromatic nitrogens is 1. The first-order chi connectivity index (χ1) is 7.04. The van der Waals surface area contributed by atoms with E-state index in [1.54, 1.807) is 12.4 Å². The summed E-state index contributed by atoms with van der Waals surface area (Å²) >= 11 is 3.21. The van der Waals surface area contributed by atoms with E-state index in [1.807, 2.05) is 4.57 Å². The van der Waals surface area contributed by atoms with Crippen molar-refractivity contribution >= 4 is 21.6 Å². The molecule has 0 spiro atoms. The third kappa shape index (κ3) is 3.38. The molecule has 0 aromatic carbocycles. The number of nitrogens with two attached hydrogens (primary N) is 1. The standard InChI is InChI=1S/C11H17BrN2O/c1-3-4-8(2)5-14-6-9(12)11(15)10(13)7-14/h6-8H,3-5,13H2,1-2H3. The van der Waals surface area contributed by atoms with Crippen molar-refractivity contribution in [3.8, 4) is 0 Å². The molecule has 0 aliphatic rings. The van der Waals surface area contributed by atoms with E-state index in [1.165, 1.54) is 12.8 Å². The van der Waals surface area contributed by atoms with Gasteiger partial charge in [0, 0.05) is 18.9 Å². The molecule has 2 N–H and O–H groups in total. The lowest BCUT2D eigenvalue weighted by atomic mass is 10.1. The van der Waals surface area contributed by atoms with Crippen molar-refractivity contribution in [2.24, 2.45) is 5.92 Å². The topological polar surface area (TPSA) is 48.0 Å². The van der Waals surface area contributed by atoms with Crippen molar-refractivity contribution in [3.05, 3.63) is 27.1 Å². The number of hydrogen-bond acceptors (Lipinski definition) is 2. The van der Waals surface area contributed by atoms with Gasteiger partial charge in [-0.05, 0) is 28.3 Å². The van der Waals surface area contributed by atoms with E-state index >= 15 is 0 Å². The number of anilines is 1. The maximum absolute atomic E-state index is 11.3. The quantitative estimate of drug-likeness (QED) is 0.916. The van der Waals surface area contributed by atoms with Gasteiger partial charge in [-0.1, -0.05) is 20.3 Å². The van der Waals surface area contributed by atoms with Gasteiger partial charge in [-0.3, -0.25) is 4.79 Å². The second kappa shape index (κ2) is 5.35. The van der Waals surface area contributed by atoms with Crippen molar-refractivity contribution in [1.82, 2.24) is 4.57 Å². The lowest BCUT2D eigenvalue weighted by molar-refractivity contribution is 0.444. The predicted octanol–water partition coefficient (Wildman–Crippen LogP) is 2.63. The molecule has 0 saturated heterocycles. The Hall–Kier alpha value is -0.770. The molecule has 15 heavy (non-hydrogen) atoms. The molecule has 1 aromatic rings. The fourth-order valence-corrected chi connectivity index (χ4v) is 2.16. The third-order valence-corrected chi connectivity index (χ3v) is 2.93. The van der Waals surface area contributed by atoms with E-state index in [0.717, 1.165) is 6.54 Å². The summed E-state index contributed by atoms with van der Waals surface area (Å²) in [6.07, 6.45) is 5.87. The van der Waals surface area contributed by atoms with E-state index in [2.05, 4.69) is 29.8 Å². The van der Waals surface area contributed by atoms with Crippen LogP contribution in [-0.2, 0) is 6.54 Å². The average Bonchev–Trinajstić information content (AvgIpc) is 2.14. The summed E-state index contributed by atoms with van der Waals surface area (Å²) in [6.45, 7) is 5.27. The molecule has 4 heteroatoms. The fraction of sp³-hybridized carbons (Fsp3) is 0.545. The summed E-state index contributed by atoms with van der Waals surface area (Å²) in [5, 5.41) is 0. The van der Waals surface area contributed by atoms with Crippen LogP contribution in [-0.4, -0.2) is 4.57 Å². The van der Waals surface area contributed by atoms with Gasteiger partial charge in [-0.25, -0.2) is 0 Å². The molecule has 0 amide bonds. The number of halogens is 1. The van der Waals surface area contributed by atoms with Gasteiger partial charge in [0.15, 0.2) is 0 Å². The molecule has 0 saturated carbocycles. The minimum absolute atomic E-state index is 0.130. The fourth-order valence-electron chi connectivity index (χ4n) is 1.67. The Bertz CT molecular complexity index is 360. The predicted molar refractivity (Wildman–Crippen MR) is 66.9 cm³/mol. The molecule has 3 nitrogen and oxygen atoms in total. The first-order valence-corrected chi connectivity index (χ1v) is 5.99. The van der Waals surface area contributed by atoms with Crippen LogP contribution in [0.4, 0.5) is 5.69 Å². The van der Waals surface area contributed by atoms with Gasteiger partial charge in [-0.15, -0.1) is 0 Å². The molecule has 1 heterocycles. The van der Waals surface area contributed by atoms with Gasteiger partial charge < -0.3 is 10.3 Å². The Morgan fingerprint density at radius 1 is 1.53 bits per heavy atom. The number of nitrogens with zero attached hydrogens (tertiary/aromatic N) is 1. The third-order valence-electron chi connectivity index (χ3n) is 2.37. The van der Waals surface area contributed by atoms with Gasteiger partial charge in [0.1, 0.15) is 0 Å². The number of rotatable bonds is 4. The highest BCUT2D eigenvalue weighted by atomic mass is 79.9. The molecular weight excluding hydrogens is 256 g/mol. The summed E-state index contributed by atoms with van der Waals surface area (Å²) in [7, 11) is 0. The molecule has 0 fully saturated rings. The van der Waals surface area contributed by atoms with Gasteiger partial charge in [0.2, 0.25) is 5.43 Å². The second-order valence-corrected chi connectivity index (χ2v) is 4.84. The van der Waals surface area contributed by atoms with Crippen molar-refractivity contribution in [3.63, 3.8) is 0 Å². The molecule has 1 atom stereocenters. The Morgan fingerprint density at radius 3 is 2.73 bits per heavy atom. The molecule has 84 valence electrons. The first kappa shape index (κ1) is 12.3. The maximum Gasteiger partial charge on any atom is 0.218 e. The molecule has 0 aliphatic carbocycles. The smallest absolute Gasteiger partial charge is 0.218 e. The zero-order chi connectivity index (χ0) is 11.4. The minimum Gasteiger partial charge on any atom is -0.394 e. The van der Waals surface area contributed by atoms with Crippen LogP contribution in [0.3, 0.4) is 0 Å². The SMILES string of the molecule is CCCC(C)Cn1cc(N)c(=O)c(Br)c1. The Morgan fingerprint density at radius 2 is 2.20 bits per heavy atom. The van der Waals surface area contributed by atoms with E-state index in [9.17, 15) is 4.79 Å². The van der Waals surface area contributed by atoms with Crippen molar-refractivity contribution < 1.29 is 0 Å². The van der Waals surface area contributed by atoms with Crippen LogP contribution in [0.5, 0.6) is 0 Å². The second-order valence-electron chi connectivity index (χ2n) is 3.98. The average molecular weight is 273 g/mol. The van der Waals surface area contributed by atoms with E-state index < -0.39 is 0 Å². The molecule has 0 bridgehead atoms. The number of nitrogen functional groups attached to an aromatic ring is 1. The maximum atomic E-state index is 11.3. The van der Waals surface area contributed by atoms with E-state index in [-0.39, 0.29) is 5.43 Å². The van der Waals surface area contributed by atoms with Crippen molar-refractivity contribution in [1.29, 1.82) is 0 Å². The Balaban J connectivity index is 2.83. The van der Waals surface area contributed by atoms with Crippen molar-refractivity contribution in [2.75, 3.05) is 5.73 Å². The molecule has 1 aromatic heterocycles. The summed E-state index contributed by atoms with van der Waals surface area (Å²) in [5.74, 6) is 0.601. The summed E-state index contributed by atoms with van der Waals surface area (Å²) in [6, 6.07) is 0. The highest BCUT2D eigenvalue weighted by Crippen LogP contribution is 2.11. The lowest BCUT2D eigenvalue weighted by Crippen LogP contribution is -2.15. The summed E-state index contributed by atoms with van der Waals surface area (Å²) < 4.78 is 2.51. The minimum atomic E-state index is -0.130. The van der Waals surface area contributed by atoms with Crippen LogP contribution >= 0.6 is 15.9 Å². The van der Waals surface area contributed by atoms with Crippen LogP contribution in [0.15, 0.2) is 21.7 Å². The zero-order valence-corrected chi connectivity index (χ0v) is 10.8. The molecule has 0 aliphatic heterocycles. The van der Waals surface area contributed by atoms with E-state index in [4.69, 9.17) is 5.73 Å². The van der Waals surface area contributed by atoms with Gasteiger partial charge in [0.05, 0.1) is 10.2 Å². The summed E-state index contributed by atoms with van der Waals surface area (Å²) in [5.41, 5.74) is 5.78. The molecule has 1 unspecified atom stereocenters. The van der Waals surface area contributed by atoms with Crippen molar-refractivity contribution in [2.45, 2.75) is 33.2 Å². The van der Waals surface area contributed by atoms with Gasteiger partial charge in [-0.2, -0.15) is 0 Å². The largest absolute Gasteiger partial charge is 0.394 e. The van der Waals surface area contributed by atoms with Crippen LogP contribution in [0.25, 0.3) is 0 Å². The Labute approximate surface area is 98.4 Å². The van der Waals surface area contributed by atoms with Gasteiger partial charge in [0.25, 0.3) is 0 Å². The molecule has 0 radical (unpaired) electrons. The first-order valence-electron chi connectivity index (χ1n) is 5.19. The van der Waals surface area contributed by atoms with E-state index in [0.29, 0.717) is 16.1 Å². The Kier molecular flexibility index (Phi) is 4.39. The number of pyridine rings is 1. The van der Waals surface area contributed by atoms with Crippen LogP contribution < -0.4 is 11.2 Å². The van der Waals surface area contributed by atoms with Crippen LogP contribution in [0.1, 0.15) is 26.7 Å². The normalized spacial score (nSPS) is 12.7. The zero-order valence-electron chi connectivity index (χ0n) is 9.16. The van der Waals surface area contributed by atoms with Gasteiger partial charge >= 0.3 is 0 Å². The highest BCUT2D eigenvalue weighted by Gasteiger charge is 2.05. The van der Waals surface area contributed by atoms with Crippen LogP contribution in [0, 0.1) is 5.92 Å². The summed E-state index contributed by atoms with van der Waals surface area (Å²) in [4.78, 5) is 11.3.